The number of anilines is 2. The number of aryl methyl sites for hydroxylation is 2. The highest BCUT2D eigenvalue weighted by atomic mass is 32.1. The Kier molecular flexibility index (Phi) is 4.86. The summed E-state index contributed by atoms with van der Waals surface area (Å²) < 4.78 is 5.40. The first-order valence-electron chi connectivity index (χ1n) is 10.7. The number of likely N-dealkylation sites (N-methyl/N-ethyl adjacent to an activating group) is 1. The van der Waals surface area contributed by atoms with Crippen LogP contribution >= 0.6 is 11.3 Å². The summed E-state index contributed by atoms with van der Waals surface area (Å²) in [4.78, 5) is 31.5. The standard InChI is InChI=1S/C25H24N4O3S/c1-13-8-16-18(28-32-21(16)9-14(13)2)11-22(30)27-24-26-19(12-33-24)15-6-7-20-17(10-15)25(3,4)23(31)29(20)5/h6-10,12H,11H2,1-5H3,(H,26,27,30). The van der Waals surface area contributed by atoms with Gasteiger partial charge in [-0.15, -0.1) is 11.3 Å². The Balaban J connectivity index is 1.34. The summed E-state index contributed by atoms with van der Waals surface area (Å²) in [5, 5.41) is 10.2. The van der Waals surface area contributed by atoms with Gasteiger partial charge < -0.3 is 14.7 Å². The van der Waals surface area contributed by atoms with Crippen molar-refractivity contribution in [2.24, 2.45) is 0 Å². The summed E-state index contributed by atoms with van der Waals surface area (Å²) in [5.74, 6) is -0.127. The minimum absolute atomic E-state index is 0.0756. The summed E-state index contributed by atoms with van der Waals surface area (Å²) in [6.07, 6.45) is 0.103. The molecular formula is C25H24N4O3S. The van der Waals surface area contributed by atoms with Crippen LogP contribution < -0.4 is 10.2 Å². The fourth-order valence-corrected chi connectivity index (χ4v) is 5.02. The van der Waals surface area contributed by atoms with E-state index in [9.17, 15) is 9.59 Å². The smallest absolute Gasteiger partial charge is 0.236 e. The normalized spacial score (nSPS) is 14.7. The molecule has 2 aromatic heterocycles. The van der Waals surface area contributed by atoms with Gasteiger partial charge in [-0.3, -0.25) is 9.59 Å². The lowest BCUT2D eigenvalue weighted by molar-refractivity contribution is -0.121. The maximum atomic E-state index is 12.7. The molecule has 0 saturated carbocycles. The molecule has 0 atom stereocenters. The number of fused-ring (bicyclic) bond motifs is 2. The third-order valence-electron chi connectivity index (χ3n) is 6.41. The van der Waals surface area contributed by atoms with Crippen LogP contribution in [0.25, 0.3) is 22.2 Å². The van der Waals surface area contributed by atoms with Crippen LogP contribution in [-0.4, -0.2) is 29.0 Å². The molecule has 8 heteroatoms. The minimum Gasteiger partial charge on any atom is -0.356 e. The van der Waals surface area contributed by atoms with Crippen molar-refractivity contribution in [3.63, 3.8) is 0 Å². The maximum absolute atomic E-state index is 12.7. The van der Waals surface area contributed by atoms with Gasteiger partial charge in [-0.2, -0.15) is 0 Å². The van der Waals surface area contributed by atoms with E-state index in [1.54, 1.807) is 11.9 Å². The van der Waals surface area contributed by atoms with Crippen LogP contribution in [0, 0.1) is 13.8 Å². The molecule has 3 heterocycles. The van der Waals surface area contributed by atoms with Gasteiger partial charge >= 0.3 is 0 Å². The number of amides is 2. The molecule has 1 N–H and O–H groups in total. The van der Waals surface area contributed by atoms with Gasteiger partial charge in [0, 0.05) is 29.1 Å². The average Bonchev–Trinajstić information content (AvgIpc) is 3.43. The minimum atomic E-state index is -0.579. The van der Waals surface area contributed by atoms with E-state index in [0.717, 1.165) is 39.0 Å². The summed E-state index contributed by atoms with van der Waals surface area (Å²) in [5.41, 5.74) is 6.53. The van der Waals surface area contributed by atoms with Crippen molar-refractivity contribution in [3.8, 4) is 11.3 Å². The quantitative estimate of drug-likeness (QED) is 0.463. The molecule has 0 saturated heterocycles. The van der Waals surface area contributed by atoms with Crippen molar-refractivity contribution in [3.05, 3.63) is 58.1 Å². The van der Waals surface area contributed by atoms with Crippen molar-refractivity contribution in [1.29, 1.82) is 0 Å². The van der Waals surface area contributed by atoms with Gasteiger partial charge in [-0.05, 0) is 68.7 Å². The third-order valence-corrected chi connectivity index (χ3v) is 7.16. The Bertz CT molecular complexity index is 1430. The van der Waals surface area contributed by atoms with Gasteiger partial charge in [0.2, 0.25) is 11.8 Å². The molecule has 7 nitrogen and oxygen atoms in total. The van der Waals surface area contributed by atoms with E-state index in [-0.39, 0.29) is 18.2 Å². The van der Waals surface area contributed by atoms with Gasteiger partial charge in [0.25, 0.3) is 0 Å². The lowest BCUT2D eigenvalue weighted by Gasteiger charge is -2.16. The zero-order valence-corrected chi connectivity index (χ0v) is 20.0. The number of rotatable bonds is 4. The van der Waals surface area contributed by atoms with Gasteiger partial charge in [0.05, 0.1) is 17.5 Å². The Morgan fingerprint density at radius 3 is 2.73 bits per heavy atom. The topological polar surface area (TPSA) is 88.3 Å². The second kappa shape index (κ2) is 7.52. The van der Waals surface area contributed by atoms with Gasteiger partial charge in [0.1, 0.15) is 5.69 Å². The Hall–Kier alpha value is -3.52. The SMILES string of the molecule is Cc1cc2onc(CC(=O)Nc3nc(-c4ccc5c(c4)C(C)(C)C(=O)N5C)cs3)c2cc1C. The molecule has 0 fully saturated rings. The Morgan fingerprint density at radius 1 is 1.18 bits per heavy atom. The molecule has 0 unspecified atom stereocenters. The third kappa shape index (κ3) is 3.51. The second-order valence-electron chi connectivity index (χ2n) is 9.05. The van der Waals surface area contributed by atoms with Crippen LogP contribution in [0.3, 0.4) is 0 Å². The van der Waals surface area contributed by atoms with Crippen molar-refractivity contribution in [2.75, 3.05) is 17.3 Å². The predicted molar refractivity (Wildman–Crippen MR) is 130 cm³/mol. The fourth-order valence-electron chi connectivity index (χ4n) is 4.28. The van der Waals surface area contributed by atoms with Crippen LogP contribution in [0.15, 0.2) is 40.2 Å². The zero-order valence-electron chi connectivity index (χ0n) is 19.1. The van der Waals surface area contributed by atoms with E-state index in [4.69, 9.17) is 4.52 Å². The van der Waals surface area contributed by atoms with E-state index in [1.807, 2.05) is 63.4 Å². The molecule has 33 heavy (non-hydrogen) atoms. The maximum Gasteiger partial charge on any atom is 0.236 e. The first kappa shape index (κ1) is 21.3. The van der Waals surface area contributed by atoms with Crippen LogP contribution in [-0.2, 0) is 21.4 Å². The van der Waals surface area contributed by atoms with Crippen LogP contribution in [0.1, 0.15) is 36.2 Å². The summed E-state index contributed by atoms with van der Waals surface area (Å²) in [7, 11) is 1.80. The van der Waals surface area contributed by atoms with E-state index in [1.165, 1.54) is 11.3 Å². The van der Waals surface area contributed by atoms with Gasteiger partial charge in [0.15, 0.2) is 10.7 Å². The molecule has 2 aromatic carbocycles. The molecule has 168 valence electrons. The molecule has 4 aromatic rings. The number of nitrogens with one attached hydrogen (secondary N) is 1. The van der Waals surface area contributed by atoms with E-state index < -0.39 is 5.41 Å². The zero-order chi connectivity index (χ0) is 23.5. The van der Waals surface area contributed by atoms with Gasteiger partial charge in [-0.1, -0.05) is 11.2 Å². The van der Waals surface area contributed by atoms with Crippen molar-refractivity contribution < 1.29 is 14.1 Å². The lowest BCUT2D eigenvalue weighted by Crippen LogP contribution is -2.33. The fraction of sp³-hybridized carbons (Fsp3) is 0.280. The van der Waals surface area contributed by atoms with Crippen molar-refractivity contribution in [1.82, 2.24) is 10.1 Å². The summed E-state index contributed by atoms with van der Waals surface area (Å²) in [6, 6.07) is 9.87. The first-order valence-corrected chi connectivity index (χ1v) is 11.6. The van der Waals surface area contributed by atoms with E-state index in [2.05, 4.69) is 15.5 Å². The highest BCUT2D eigenvalue weighted by molar-refractivity contribution is 7.14. The highest BCUT2D eigenvalue weighted by Crippen LogP contribution is 2.42. The number of carbonyl (C=O) groups is 2. The number of aromatic nitrogens is 2. The molecule has 0 spiro atoms. The van der Waals surface area contributed by atoms with Crippen LogP contribution in [0.4, 0.5) is 10.8 Å². The molecule has 2 amide bonds. The number of nitrogens with zero attached hydrogens (tertiary/aromatic N) is 3. The largest absolute Gasteiger partial charge is 0.356 e. The Labute approximate surface area is 195 Å². The lowest BCUT2D eigenvalue weighted by atomic mass is 9.85. The first-order chi connectivity index (χ1) is 15.6. The highest BCUT2D eigenvalue weighted by Gasteiger charge is 2.42. The molecule has 0 radical (unpaired) electrons. The van der Waals surface area contributed by atoms with Crippen molar-refractivity contribution in [2.45, 2.75) is 39.5 Å². The molecule has 0 aliphatic carbocycles. The number of hydrogen-bond donors (Lipinski definition) is 1. The number of hydrogen-bond acceptors (Lipinski definition) is 6. The van der Waals surface area contributed by atoms with Crippen LogP contribution in [0.2, 0.25) is 0 Å². The number of carbonyl (C=O) groups excluding carboxylic acids is 2. The summed E-state index contributed by atoms with van der Waals surface area (Å²) >= 11 is 1.36. The van der Waals surface area contributed by atoms with Gasteiger partial charge in [-0.25, -0.2) is 4.98 Å². The number of benzene rings is 2. The van der Waals surface area contributed by atoms with Crippen LogP contribution in [0.5, 0.6) is 0 Å². The van der Waals surface area contributed by atoms with E-state index in [0.29, 0.717) is 16.4 Å². The van der Waals surface area contributed by atoms with E-state index >= 15 is 0 Å². The van der Waals surface area contributed by atoms with Crippen molar-refractivity contribution >= 4 is 44.9 Å². The molecule has 1 aliphatic heterocycles. The molecule has 5 rings (SSSR count). The Morgan fingerprint density at radius 2 is 1.94 bits per heavy atom. The number of thiazole rings is 1. The second-order valence-corrected chi connectivity index (χ2v) is 9.90. The molecule has 1 aliphatic rings. The average molecular weight is 461 g/mol. The monoisotopic (exact) mass is 460 g/mol. The summed E-state index contributed by atoms with van der Waals surface area (Å²) in [6.45, 7) is 7.91. The molecule has 0 bridgehead atoms. The predicted octanol–water partition coefficient (Wildman–Crippen LogP) is 5.00. The molecular weight excluding hydrogens is 436 g/mol.